The van der Waals surface area contributed by atoms with Gasteiger partial charge in [-0.15, -0.1) is 5.10 Å². The number of aryl methyl sites for hydroxylation is 1. The highest BCUT2D eigenvalue weighted by Crippen LogP contribution is 2.53. The van der Waals surface area contributed by atoms with E-state index >= 15 is 0 Å². The maximum atomic E-state index is 10.5. The fraction of sp³-hybridized carbons (Fsp3) is 0.429. The molecule has 1 N–H and O–H groups in total. The molecule has 0 bridgehead atoms. The number of aromatic nitrogens is 4. The molecule has 1 aliphatic rings. The number of tetrazole rings is 1. The van der Waals surface area contributed by atoms with Crippen LogP contribution >= 0.6 is 0 Å². The van der Waals surface area contributed by atoms with Crippen molar-refractivity contribution in [3.63, 3.8) is 0 Å². The van der Waals surface area contributed by atoms with Crippen LogP contribution in [0.15, 0.2) is 30.3 Å². The molecule has 0 radical (unpaired) electrons. The van der Waals surface area contributed by atoms with Crippen molar-refractivity contribution >= 4 is 5.97 Å². The first-order chi connectivity index (χ1) is 9.75. The zero-order valence-corrected chi connectivity index (χ0v) is 11.0. The Labute approximate surface area is 116 Å². The van der Waals surface area contributed by atoms with Crippen molar-refractivity contribution in [2.75, 3.05) is 0 Å². The number of carbonyl (C=O) groups is 1. The lowest BCUT2D eigenvalue weighted by Crippen LogP contribution is -2.07. The summed E-state index contributed by atoms with van der Waals surface area (Å²) in [5.74, 6) is 0.940. The van der Waals surface area contributed by atoms with Crippen LogP contribution in [0.2, 0.25) is 0 Å². The lowest BCUT2D eigenvalue weighted by molar-refractivity contribution is -0.137. The number of benzene rings is 1. The van der Waals surface area contributed by atoms with Gasteiger partial charge in [0.1, 0.15) is 0 Å². The third-order valence-corrected chi connectivity index (χ3v) is 3.67. The summed E-state index contributed by atoms with van der Waals surface area (Å²) in [6.45, 7) is 0.562. The van der Waals surface area contributed by atoms with E-state index in [1.165, 1.54) is 5.56 Å². The van der Waals surface area contributed by atoms with Crippen LogP contribution in [0.1, 0.15) is 42.5 Å². The second-order valence-corrected chi connectivity index (χ2v) is 5.12. The molecule has 0 aliphatic heterocycles. The van der Waals surface area contributed by atoms with Crippen LogP contribution in [-0.2, 0) is 11.3 Å². The minimum atomic E-state index is -0.784. The van der Waals surface area contributed by atoms with Gasteiger partial charge >= 0.3 is 5.97 Å². The van der Waals surface area contributed by atoms with Crippen molar-refractivity contribution in [2.24, 2.45) is 0 Å². The predicted octanol–water partition coefficient (Wildman–Crippen LogP) is 1.81. The van der Waals surface area contributed by atoms with Crippen LogP contribution in [0.4, 0.5) is 0 Å². The van der Waals surface area contributed by atoms with Crippen LogP contribution in [-0.4, -0.2) is 31.3 Å². The van der Waals surface area contributed by atoms with E-state index in [0.717, 1.165) is 12.2 Å². The third kappa shape index (κ3) is 2.68. The van der Waals surface area contributed by atoms with Crippen LogP contribution < -0.4 is 0 Å². The third-order valence-electron chi connectivity index (χ3n) is 3.67. The fourth-order valence-corrected chi connectivity index (χ4v) is 2.57. The van der Waals surface area contributed by atoms with Gasteiger partial charge in [-0.2, -0.15) is 0 Å². The summed E-state index contributed by atoms with van der Waals surface area (Å²) in [5, 5.41) is 20.5. The molecule has 1 heterocycles. The molecular formula is C14H16N4O2. The highest BCUT2D eigenvalue weighted by atomic mass is 16.4. The molecule has 1 aromatic heterocycles. The van der Waals surface area contributed by atoms with Gasteiger partial charge in [0, 0.05) is 18.9 Å². The quantitative estimate of drug-likeness (QED) is 0.867. The van der Waals surface area contributed by atoms with Crippen molar-refractivity contribution in [1.29, 1.82) is 0 Å². The summed E-state index contributed by atoms with van der Waals surface area (Å²) >= 11 is 0. The van der Waals surface area contributed by atoms with Crippen LogP contribution in [0.3, 0.4) is 0 Å². The number of carboxylic acids is 1. The topological polar surface area (TPSA) is 80.9 Å². The van der Waals surface area contributed by atoms with Gasteiger partial charge in [-0.25, -0.2) is 4.68 Å². The minimum absolute atomic E-state index is 0.145. The molecule has 2 atom stereocenters. The zero-order chi connectivity index (χ0) is 13.9. The highest BCUT2D eigenvalue weighted by molar-refractivity contribution is 5.66. The number of hydrogen-bond acceptors (Lipinski definition) is 4. The van der Waals surface area contributed by atoms with E-state index in [1.54, 1.807) is 4.68 Å². The summed E-state index contributed by atoms with van der Waals surface area (Å²) in [4.78, 5) is 10.5. The Morgan fingerprint density at radius 2 is 2.10 bits per heavy atom. The first-order valence-electron chi connectivity index (χ1n) is 6.78. The maximum absolute atomic E-state index is 10.5. The lowest BCUT2D eigenvalue weighted by Gasteiger charge is -2.03. The second kappa shape index (κ2) is 5.40. The van der Waals surface area contributed by atoms with Gasteiger partial charge < -0.3 is 5.11 Å². The minimum Gasteiger partial charge on any atom is -0.481 e. The molecule has 0 saturated heterocycles. The molecule has 1 fully saturated rings. The Balaban J connectivity index is 1.65. The molecule has 104 valence electrons. The molecule has 2 unspecified atom stereocenters. The molecule has 2 aromatic rings. The normalized spacial score (nSPS) is 20.8. The Kier molecular flexibility index (Phi) is 3.45. The summed E-state index contributed by atoms with van der Waals surface area (Å²) in [5.41, 5.74) is 1.32. The SMILES string of the molecule is O=C(O)CCCn1nnnc1C1CC1c1ccccc1. The number of rotatable bonds is 6. The van der Waals surface area contributed by atoms with E-state index in [1.807, 2.05) is 18.2 Å². The van der Waals surface area contributed by atoms with Gasteiger partial charge in [-0.3, -0.25) is 4.79 Å². The molecule has 3 rings (SSSR count). The standard InChI is InChI=1S/C14H16N4O2/c19-13(20)7-4-8-18-14(15-16-17-18)12-9-11(12)10-5-2-1-3-6-10/h1-3,5-6,11-12H,4,7-9H2,(H,19,20). The molecular weight excluding hydrogens is 256 g/mol. The van der Waals surface area contributed by atoms with Gasteiger partial charge in [0.15, 0.2) is 5.82 Å². The molecule has 0 amide bonds. The molecule has 1 saturated carbocycles. The van der Waals surface area contributed by atoms with E-state index in [4.69, 9.17) is 5.11 Å². The highest BCUT2D eigenvalue weighted by Gasteiger charge is 2.43. The van der Waals surface area contributed by atoms with Crippen molar-refractivity contribution < 1.29 is 9.90 Å². The van der Waals surface area contributed by atoms with Gasteiger partial charge in [0.2, 0.25) is 0 Å². The lowest BCUT2D eigenvalue weighted by atomic mass is 10.1. The van der Waals surface area contributed by atoms with Crippen LogP contribution in [0, 0.1) is 0 Å². The predicted molar refractivity (Wildman–Crippen MR) is 71.2 cm³/mol. The van der Waals surface area contributed by atoms with E-state index in [0.29, 0.717) is 24.8 Å². The molecule has 6 nitrogen and oxygen atoms in total. The Morgan fingerprint density at radius 1 is 1.30 bits per heavy atom. The first kappa shape index (κ1) is 12.8. The molecule has 0 spiro atoms. The number of nitrogens with zero attached hydrogens (tertiary/aromatic N) is 4. The van der Waals surface area contributed by atoms with E-state index in [2.05, 4.69) is 27.7 Å². The van der Waals surface area contributed by atoms with E-state index in [9.17, 15) is 4.79 Å². The second-order valence-electron chi connectivity index (χ2n) is 5.12. The zero-order valence-electron chi connectivity index (χ0n) is 11.0. The first-order valence-corrected chi connectivity index (χ1v) is 6.78. The van der Waals surface area contributed by atoms with E-state index < -0.39 is 5.97 Å². The summed E-state index contributed by atoms with van der Waals surface area (Å²) in [6.07, 6.45) is 1.76. The van der Waals surface area contributed by atoms with Gasteiger partial charge in [-0.1, -0.05) is 30.3 Å². The largest absolute Gasteiger partial charge is 0.481 e. The fourth-order valence-electron chi connectivity index (χ4n) is 2.57. The Morgan fingerprint density at radius 3 is 2.85 bits per heavy atom. The maximum Gasteiger partial charge on any atom is 0.303 e. The number of carboxylic acid groups (broad SMARTS) is 1. The van der Waals surface area contributed by atoms with Crippen molar-refractivity contribution in [3.8, 4) is 0 Å². The number of aliphatic carboxylic acids is 1. The van der Waals surface area contributed by atoms with Gasteiger partial charge in [0.05, 0.1) is 0 Å². The summed E-state index contributed by atoms with van der Waals surface area (Å²) < 4.78 is 1.75. The van der Waals surface area contributed by atoms with Crippen LogP contribution in [0.25, 0.3) is 0 Å². The average molecular weight is 272 g/mol. The molecule has 1 aliphatic carbocycles. The molecule has 20 heavy (non-hydrogen) atoms. The van der Waals surface area contributed by atoms with Crippen LogP contribution in [0.5, 0.6) is 0 Å². The molecule has 6 heteroatoms. The van der Waals surface area contributed by atoms with Gasteiger partial charge in [-0.05, 0) is 34.7 Å². The van der Waals surface area contributed by atoms with Gasteiger partial charge in [0.25, 0.3) is 0 Å². The monoisotopic (exact) mass is 272 g/mol. The van der Waals surface area contributed by atoms with Crippen molar-refractivity contribution in [2.45, 2.75) is 37.6 Å². The van der Waals surface area contributed by atoms with E-state index in [-0.39, 0.29) is 6.42 Å². The Hall–Kier alpha value is -2.24. The smallest absolute Gasteiger partial charge is 0.303 e. The number of hydrogen-bond donors (Lipinski definition) is 1. The Bertz CT molecular complexity index is 596. The average Bonchev–Trinajstić information content (AvgIpc) is 3.11. The van der Waals surface area contributed by atoms with Crippen molar-refractivity contribution in [3.05, 3.63) is 41.7 Å². The summed E-state index contributed by atoms with van der Waals surface area (Å²) in [7, 11) is 0. The molecule has 1 aromatic carbocycles. The van der Waals surface area contributed by atoms with Crippen molar-refractivity contribution in [1.82, 2.24) is 20.2 Å². The summed E-state index contributed by atoms with van der Waals surface area (Å²) in [6, 6.07) is 10.4.